The number of hydrogen-bond acceptors (Lipinski definition) is 4. The van der Waals surface area contributed by atoms with Gasteiger partial charge in [-0.05, 0) is 56.3 Å². The Morgan fingerprint density at radius 1 is 1.03 bits per heavy atom. The molecule has 0 bridgehead atoms. The van der Waals surface area contributed by atoms with Crippen LogP contribution in [0.3, 0.4) is 0 Å². The molecule has 3 heterocycles. The molecule has 3 atom stereocenters. The van der Waals surface area contributed by atoms with Gasteiger partial charge >= 0.3 is 0 Å². The Balaban J connectivity index is 1.39. The molecule has 160 valence electrons. The molecule has 0 radical (unpaired) electrons. The number of nitrogens with zero attached hydrogens (tertiary/aromatic N) is 3. The number of hydrogen-bond donors (Lipinski definition) is 0. The first kappa shape index (κ1) is 19.9. The summed E-state index contributed by atoms with van der Waals surface area (Å²) in [4.78, 5) is 17.7. The molecule has 1 aromatic heterocycles. The summed E-state index contributed by atoms with van der Waals surface area (Å²) in [6, 6.07) is 20.8. The number of anilines is 1. The summed E-state index contributed by atoms with van der Waals surface area (Å²) in [6.07, 6.45) is 2.98. The first-order valence-electron chi connectivity index (χ1n) is 11.0. The molecule has 1 saturated heterocycles. The van der Waals surface area contributed by atoms with Crippen molar-refractivity contribution in [2.75, 3.05) is 25.5 Å². The second kappa shape index (κ2) is 7.89. The molecule has 0 spiro atoms. The molecule has 3 unspecified atom stereocenters. The van der Waals surface area contributed by atoms with Crippen LogP contribution in [0.5, 0.6) is 5.75 Å². The van der Waals surface area contributed by atoms with Gasteiger partial charge in [0.2, 0.25) is 0 Å². The number of piperidine rings is 1. The van der Waals surface area contributed by atoms with Crippen LogP contribution in [0.4, 0.5) is 5.69 Å². The number of pyridine rings is 1. The average molecular weight is 416 g/mol. The molecule has 3 aromatic rings. The predicted molar refractivity (Wildman–Crippen MR) is 124 cm³/mol. The van der Waals surface area contributed by atoms with Crippen molar-refractivity contribution in [1.29, 1.82) is 0 Å². The largest absolute Gasteiger partial charge is 0.489 e. The van der Waals surface area contributed by atoms with Crippen LogP contribution in [0.1, 0.15) is 30.4 Å². The van der Waals surface area contributed by atoms with Gasteiger partial charge in [0, 0.05) is 37.0 Å². The summed E-state index contributed by atoms with van der Waals surface area (Å²) < 4.78 is 7.51. The molecule has 5 heteroatoms. The van der Waals surface area contributed by atoms with E-state index in [1.165, 1.54) is 17.7 Å². The smallest absolute Gasteiger partial charge is 0.258 e. The minimum atomic E-state index is -0.0864. The van der Waals surface area contributed by atoms with Gasteiger partial charge in [-0.2, -0.15) is 0 Å². The number of benzene rings is 2. The first-order valence-corrected chi connectivity index (χ1v) is 11.0. The number of aromatic nitrogens is 1. The molecule has 31 heavy (non-hydrogen) atoms. The third-order valence-corrected chi connectivity index (χ3v) is 7.05. The van der Waals surface area contributed by atoms with Crippen LogP contribution in [0.15, 0.2) is 71.7 Å². The molecule has 0 amide bonds. The minimum absolute atomic E-state index is 0.0864. The van der Waals surface area contributed by atoms with Crippen LogP contribution in [0, 0.1) is 0 Å². The molecular weight excluding hydrogens is 386 g/mol. The van der Waals surface area contributed by atoms with Crippen LogP contribution in [-0.2, 0) is 6.61 Å². The highest BCUT2D eigenvalue weighted by Crippen LogP contribution is 2.46. The second-order valence-corrected chi connectivity index (χ2v) is 8.81. The predicted octanol–water partition coefficient (Wildman–Crippen LogP) is 4.04. The van der Waals surface area contributed by atoms with E-state index in [1.54, 1.807) is 10.6 Å². The SMILES string of the molecule is CC1C2C(CCN1C)c1ccc(-n3ccc(OCc4ccccc4)cc3=O)cc1N2C. The Bertz CT molecular complexity index is 1140. The number of likely N-dealkylation sites (tertiary alicyclic amines) is 1. The van der Waals surface area contributed by atoms with Gasteiger partial charge in [0.05, 0.1) is 11.7 Å². The lowest BCUT2D eigenvalue weighted by Crippen LogP contribution is -2.52. The zero-order chi connectivity index (χ0) is 21.5. The van der Waals surface area contributed by atoms with Gasteiger partial charge in [-0.15, -0.1) is 0 Å². The van der Waals surface area contributed by atoms with E-state index < -0.39 is 0 Å². The summed E-state index contributed by atoms with van der Waals surface area (Å²) in [6.45, 7) is 3.89. The molecule has 0 saturated carbocycles. The quantitative estimate of drug-likeness (QED) is 0.645. The highest BCUT2D eigenvalue weighted by molar-refractivity contribution is 5.66. The molecular formula is C26H29N3O2. The average Bonchev–Trinajstić information content (AvgIpc) is 3.07. The topological polar surface area (TPSA) is 37.7 Å². The third-order valence-electron chi connectivity index (χ3n) is 7.05. The number of ether oxygens (including phenoxy) is 1. The number of fused-ring (bicyclic) bond motifs is 3. The Labute approximate surface area is 183 Å². The Morgan fingerprint density at radius 3 is 2.61 bits per heavy atom. The van der Waals surface area contributed by atoms with E-state index in [9.17, 15) is 4.79 Å². The lowest BCUT2D eigenvalue weighted by molar-refractivity contribution is 0.161. The van der Waals surface area contributed by atoms with Gasteiger partial charge in [0.15, 0.2) is 0 Å². The van der Waals surface area contributed by atoms with Crippen molar-refractivity contribution >= 4 is 5.69 Å². The lowest BCUT2D eigenvalue weighted by Gasteiger charge is -2.42. The van der Waals surface area contributed by atoms with Crippen molar-refractivity contribution in [2.24, 2.45) is 0 Å². The molecule has 0 aliphatic carbocycles. The Morgan fingerprint density at radius 2 is 1.84 bits per heavy atom. The molecule has 5 rings (SSSR count). The van der Waals surface area contributed by atoms with Gasteiger partial charge in [-0.1, -0.05) is 36.4 Å². The standard InChI is InChI=1S/C26H29N3O2/c1-18-26-23(12-13-27(18)2)22-10-9-20(15-24(22)28(26)3)29-14-11-21(16-25(29)30)31-17-19-7-5-4-6-8-19/h4-11,14-16,18,23,26H,12-13,17H2,1-3H3. The van der Waals surface area contributed by atoms with Crippen LogP contribution in [0.25, 0.3) is 5.69 Å². The summed E-state index contributed by atoms with van der Waals surface area (Å²) in [5, 5.41) is 0. The maximum Gasteiger partial charge on any atom is 0.258 e. The van der Waals surface area contributed by atoms with Gasteiger partial charge in [0.1, 0.15) is 12.4 Å². The zero-order valence-corrected chi connectivity index (χ0v) is 18.4. The fourth-order valence-corrected chi connectivity index (χ4v) is 5.21. The highest BCUT2D eigenvalue weighted by atomic mass is 16.5. The summed E-state index contributed by atoms with van der Waals surface area (Å²) >= 11 is 0. The Hall–Kier alpha value is -3.05. The van der Waals surface area contributed by atoms with Crippen molar-refractivity contribution in [3.8, 4) is 11.4 Å². The normalized spacial score (nSPS) is 22.8. The van der Waals surface area contributed by atoms with Crippen molar-refractivity contribution in [3.63, 3.8) is 0 Å². The van der Waals surface area contributed by atoms with E-state index in [2.05, 4.69) is 49.0 Å². The summed E-state index contributed by atoms with van der Waals surface area (Å²) in [5.41, 5.74) is 4.54. The zero-order valence-electron chi connectivity index (χ0n) is 18.4. The maximum absolute atomic E-state index is 12.8. The monoisotopic (exact) mass is 415 g/mol. The fourth-order valence-electron chi connectivity index (χ4n) is 5.21. The summed E-state index contributed by atoms with van der Waals surface area (Å²) in [5.74, 6) is 1.15. The number of rotatable bonds is 4. The molecule has 2 aliphatic rings. The molecule has 2 aromatic carbocycles. The second-order valence-electron chi connectivity index (χ2n) is 8.81. The van der Waals surface area contributed by atoms with Crippen molar-refractivity contribution in [3.05, 3.63) is 88.3 Å². The number of likely N-dealkylation sites (N-methyl/N-ethyl adjacent to an activating group) is 2. The summed E-state index contributed by atoms with van der Waals surface area (Å²) in [7, 11) is 4.40. The van der Waals surface area contributed by atoms with Crippen LogP contribution in [0.2, 0.25) is 0 Å². The maximum atomic E-state index is 12.8. The van der Waals surface area contributed by atoms with Crippen molar-refractivity contribution < 1.29 is 4.74 Å². The fraction of sp³-hybridized carbons (Fsp3) is 0.346. The molecule has 5 nitrogen and oxygen atoms in total. The van der Waals surface area contributed by atoms with Gasteiger partial charge in [0.25, 0.3) is 5.56 Å². The lowest BCUT2D eigenvalue weighted by atomic mass is 9.84. The first-order chi connectivity index (χ1) is 15.0. The minimum Gasteiger partial charge on any atom is -0.489 e. The molecule has 2 aliphatic heterocycles. The third kappa shape index (κ3) is 3.53. The van der Waals surface area contributed by atoms with Crippen molar-refractivity contribution in [1.82, 2.24) is 9.47 Å². The van der Waals surface area contributed by atoms with E-state index in [-0.39, 0.29) is 5.56 Å². The van der Waals surface area contributed by atoms with E-state index >= 15 is 0 Å². The van der Waals surface area contributed by atoms with Crippen LogP contribution >= 0.6 is 0 Å². The van der Waals surface area contributed by atoms with Crippen LogP contribution < -0.4 is 15.2 Å². The van der Waals surface area contributed by atoms with E-state index in [4.69, 9.17) is 4.74 Å². The van der Waals surface area contributed by atoms with Gasteiger partial charge < -0.3 is 14.5 Å². The van der Waals surface area contributed by atoms with E-state index in [0.717, 1.165) is 17.8 Å². The van der Waals surface area contributed by atoms with Crippen LogP contribution in [-0.4, -0.2) is 42.2 Å². The molecule has 0 N–H and O–H groups in total. The van der Waals surface area contributed by atoms with Gasteiger partial charge in [-0.3, -0.25) is 9.36 Å². The Kier molecular flexibility index (Phi) is 5.06. The van der Waals surface area contributed by atoms with Crippen molar-refractivity contribution in [2.45, 2.75) is 38.0 Å². The van der Waals surface area contributed by atoms with E-state index in [1.807, 2.05) is 42.6 Å². The highest BCUT2D eigenvalue weighted by Gasteiger charge is 2.43. The molecule has 1 fully saturated rings. The van der Waals surface area contributed by atoms with E-state index in [0.29, 0.717) is 30.4 Å². The van der Waals surface area contributed by atoms with Gasteiger partial charge in [-0.25, -0.2) is 0 Å².